The second-order valence-electron chi connectivity index (χ2n) is 8.99. The second kappa shape index (κ2) is 13.5. The van der Waals surface area contributed by atoms with E-state index in [0.717, 1.165) is 5.57 Å². The van der Waals surface area contributed by atoms with Crippen LogP contribution in [0.1, 0.15) is 47.5 Å². The Bertz CT molecular complexity index is 828. The van der Waals surface area contributed by atoms with Crippen molar-refractivity contribution in [3.63, 3.8) is 0 Å². The fourth-order valence-corrected chi connectivity index (χ4v) is 3.11. The molecule has 0 spiro atoms. The van der Waals surface area contributed by atoms with Crippen molar-refractivity contribution < 1.29 is 28.6 Å². The molecular formula is C26H37NO6. The van der Waals surface area contributed by atoms with Gasteiger partial charge in [-0.25, -0.2) is 9.59 Å². The summed E-state index contributed by atoms with van der Waals surface area (Å²) in [5.41, 5.74) is 0.463. The molecule has 1 amide bonds. The first-order valence-electron chi connectivity index (χ1n) is 11.1. The minimum atomic E-state index is -0.767. The lowest BCUT2D eigenvalue weighted by Gasteiger charge is -2.29. The van der Waals surface area contributed by atoms with E-state index >= 15 is 0 Å². The highest BCUT2D eigenvalue weighted by Crippen LogP contribution is 2.23. The van der Waals surface area contributed by atoms with E-state index in [0.29, 0.717) is 12.8 Å². The van der Waals surface area contributed by atoms with Crippen molar-refractivity contribution in [3.8, 4) is 0 Å². The maximum atomic E-state index is 12.3. The Kier molecular flexibility index (Phi) is 11.4. The first-order valence-corrected chi connectivity index (χ1v) is 11.1. The minimum Gasteiger partial charge on any atom is -0.490 e. The lowest BCUT2D eigenvalue weighted by atomic mass is 9.86. The van der Waals surface area contributed by atoms with Gasteiger partial charge in [0.05, 0.1) is 13.7 Å². The number of carbonyl (C=O) groups is 3. The van der Waals surface area contributed by atoms with Crippen molar-refractivity contribution in [2.45, 2.75) is 59.6 Å². The van der Waals surface area contributed by atoms with Crippen LogP contribution in [0.4, 0.5) is 0 Å². The second-order valence-corrected chi connectivity index (χ2v) is 8.99. The molecule has 1 aliphatic heterocycles. The number of methoxy groups -OCH3 is 1. The van der Waals surface area contributed by atoms with Crippen molar-refractivity contribution in [2.24, 2.45) is 11.3 Å². The van der Waals surface area contributed by atoms with Crippen LogP contribution >= 0.6 is 0 Å². The molecule has 0 fully saturated rings. The smallest absolute Gasteiger partial charge is 0.373 e. The molecule has 0 saturated heterocycles. The number of nitrogens with one attached hydrogen (secondary N) is 1. The van der Waals surface area contributed by atoms with Crippen LogP contribution in [0.25, 0.3) is 0 Å². The molecular weight excluding hydrogens is 422 g/mol. The normalized spacial score (nSPS) is 19.0. The van der Waals surface area contributed by atoms with Crippen LogP contribution in [-0.2, 0) is 28.6 Å². The van der Waals surface area contributed by atoms with Gasteiger partial charge in [-0.15, -0.1) is 6.58 Å². The number of hydrogen-bond acceptors (Lipinski definition) is 6. The average molecular weight is 460 g/mol. The Morgan fingerprint density at radius 3 is 2.55 bits per heavy atom. The van der Waals surface area contributed by atoms with Gasteiger partial charge in [-0.05, 0) is 24.8 Å². The fraction of sp³-hybridized carbons (Fsp3) is 0.500. The number of allylic oxidation sites excluding steroid dienone is 4. The number of cyclic esters (lactones) is 1. The number of hydrogen-bond donors (Lipinski definition) is 1. The van der Waals surface area contributed by atoms with Crippen molar-refractivity contribution in [2.75, 3.05) is 13.7 Å². The molecule has 0 aromatic carbocycles. The molecule has 0 aliphatic carbocycles. The molecule has 1 heterocycles. The SMILES string of the molecule is C=CCCOC(=O)C(NC(=O)/C=C/C=C/C(C)=C/[C@@H](C)C1CC=C(OC)C(=O)O1)C(C)(C)C. The summed E-state index contributed by atoms with van der Waals surface area (Å²) < 4.78 is 15.6. The molecule has 33 heavy (non-hydrogen) atoms. The molecule has 1 rings (SSSR count). The number of carbonyl (C=O) groups excluding carboxylic acids is 3. The van der Waals surface area contributed by atoms with Gasteiger partial charge in [0, 0.05) is 18.4 Å². The third-order valence-corrected chi connectivity index (χ3v) is 5.00. The van der Waals surface area contributed by atoms with E-state index in [1.54, 1.807) is 24.3 Å². The summed E-state index contributed by atoms with van der Waals surface area (Å²) in [6, 6.07) is -0.767. The molecule has 0 radical (unpaired) electrons. The predicted octanol–water partition coefficient (Wildman–Crippen LogP) is 4.18. The van der Waals surface area contributed by atoms with Crippen molar-refractivity contribution >= 4 is 17.8 Å². The van der Waals surface area contributed by atoms with E-state index in [9.17, 15) is 14.4 Å². The molecule has 7 heteroatoms. The zero-order valence-electron chi connectivity index (χ0n) is 20.6. The summed E-state index contributed by atoms with van der Waals surface area (Å²) in [6.45, 7) is 13.3. The first-order chi connectivity index (χ1) is 15.5. The third-order valence-electron chi connectivity index (χ3n) is 5.00. The minimum absolute atomic E-state index is 0.0141. The zero-order chi connectivity index (χ0) is 25.0. The average Bonchev–Trinajstić information content (AvgIpc) is 2.74. The van der Waals surface area contributed by atoms with E-state index in [4.69, 9.17) is 14.2 Å². The highest BCUT2D eigenvalue weighted by molar-refractivity contribution is 5.92. The van der Waals surface area contributed by atoms with Gasteiger partial charge in [0.15, 0.2) is 5.76 Å². The maximum Gasteiger partial charge on any atom is 0.373 e. The van der Waals surface area contributed by atoms with Crippen LogP contribution < -0.4 is 5.32 Å². The molecule has 2 unspecified atom stereocenters. The molecule has 182 valence electrons. The summed E-state index contributed by atoms with van der Waals surface area (Å²) in [7, 11) is 1.44. The molecule has 3 atom stereocenters. The van der Waals surface area contributed by atoms with E-state index in [1.165, 1.54) is 13.2 Å². The molecule has 1 aliphatic rings. The molecule has 0 aromatic heterocycles. The monoisotopic (exact) mass is 459 g/mol. The van der Waals surface area contributed by atoms with Crippen molar-refractivity contribution in [1.29, 1.82) is 0 Å². The summed E-state index contributed by atoms with van der Waals surface area (Å²) in [5, 5.41) is 2.72. The molecule has 0 aromatic rings. The van der Waals surface area contributed by atoms with E-state index < -0.39 is 23.4 Å². The van der Waals surface area contributed by atoms with Gasteiger partial charge in [0.25, 0.3) is 0 Å². The van der Waals surface area contributed by atoms with Crippen LogP contribution in [0.15, 0.2) is 60.4 Å². The highest BCUT2D eigenvalue weighted by Gasteiger charge is 2.33. The van der Waals surface area contributed by atoms with Gasteiger partial charge in [-0.3, -0.25) is 4.79 Å². The van der Waals surface area contributed by atoms with Gasteiger partial charge in [0.2, 0.25) is 5.91 Å². The number of esters is 2. The quantitative estimate of drug-likeness (QED) is 0.164. The van der Waals surface area contributed by atoms with Crippen LogP contribution in [0, 0.1) is 11.3 Å². The van der Waals surface area contributed by atoms with Crippen molar-refractivity contribution in [1.82, 2.24) is 5.32 Å². The molecule has 7 nitrogen and oxygen atoms in total. The van der Waals surface area contributed by atoms with Crippen molar-refractivity contribution in [3.05, 3.63) is 60.4 Å². The van der Waals surface area contributed by atoms with Crippen LogP contribution in [0.5, 0.6) is 0 Å². The maximum absolute atomic E-state index is 12.3. The zero-order valence-corrected chi connectivity index (χ0v) is 20.6. The summed E-state index contributed by atoms with van der Waals surface area (Å²) in [5.74, 6) is -1.05. The van der Waals surface area contributed by atoms with E-state index in [2.05, 4.69) is 11.9 Å². The summed E-state index contributed by atoms with van der Waals surface area (Å²) >= 11 is 0. The Hall–Kier alpha value is -3.09. The number of ether oxygens (including phenoxy) is 3. The van der Waals surface area contributed by atoms with Gasteiger partial charge in [-0.1, -0.05) is 63.6 Å². The standard InChI is InChI=1S/C26H37NO6/c1-8-9-16-32-25(30)23(26(4,5)6)27-22(28)13-11-10-12-18(2)17-19(3)20-14-15-21(31-7)24(29)33-20/h8,10-13,15,17,19-20,23H,1,9,14,16H2,2-7H3,(H,27,28)/b12-10+,13-11+,18-17+/t19-,20?,23?/m1/s1. The molecule has 1 N–H and O–H groups in total. The van der Waals surface area contributed by atoms with Gasteiger partial charge >= 0.3 is 11.9 Å². The fourth-order valence-electron chi connectivity index (χ4n) is 3.11. The Balaban J connectivity index is 2.65. The predicted molar refractivity (Wildman–Crippen MR) is 128 cm³/mol. The van der Waals surface area contributed by atoms with E-state index in [1.807, 2.05) is 46.8 Å². The van der Waals surface area contributed by atoms with Gasteiger partial charge in [-0.2, -0.15) is 0 Å². The Labute approximate surface area is 197 Å². The highest BCUT2D eigenvalue weighted by atomic mass is 16.6. The molecule has 0 bridgehead atoms. The van der Waals surface area contributed by atoms with E-state index in [-0.39, 0.29) is 30.3 Å². The topological polar surface area (TPSA) is 90.9 Å². The Morgan fingerprint density at radius 1 is 1.30 bits per heavy atom. The Morgan fingerprint density at radius 2 is 1.97 bits per heavy atom. The lowest BCUT2D eigenvalue weighted by Crippen LogP contribution is -2.49. The summed E-state index contributed by atoms with van der Waals surface area (Å²) in [4.78, 5) is 36.5. The van der Waals surface area contributed by atoms with Crippen LogP contribution in [0.3, 0.4) is 0 Å². The largest absolute Gasteiger partial charge is 0.490 e. The number of amides is 1. The van der Waals surface area contributed by atoms with Gasteiger partial charge < -0.3 is 19.5 Å². The third kappa shape index (κ3) is 9.93. The first kappa shape index (κ1) is 27.9. The summed E-state index contributed by atoms with van der Waals surface area (Å²) in [6.07, 6.45) is 12.9. The van der Waals surface area contributed by atoms with Crippen LogP contribution in [-0.4, -0.2) is 43.7 Å². The lowest BCUT2D eigenvalue weighted by molar-refractivity contribution is -0.151. The van der Waals surface area contributed by atoms with Crippen LogP contribution in [0.2, 0.25) is 0 Å². The van der Waals surface area contributed by atoms with Gasteiger partial charge in [0.1, 0.15) is 12.1 Å². The molecule has 0 saturated carbocycles. The number of rotatable bonds is 11.